The Bertz CT molecular complexity index is 404. The maximum Gasteiger partial charge on any atom is 0.119 e. The Morgan fingerprint density at radius 3 is 2.76 bits per heavy atom. The Morgan fingerprint density at radius 1 is 1.24 bits per heavy atom. The smallest absolute Gasteiger partial charge is 0.119 e. The predicted octanol–water partition coefficient (Wildman–Crippen LogP) is 2.14. The molecule has 1 aliphatic heterocycles. The number of hydrogen-bond donors (Lipinski definition) is 1. The van der Waals surface area contributed by atoms with E-state index >= 15 is 0 Å². The van der Waals surface area contributed by atoms with Crippen molar-refractivity contribution in [2.75, 3.05) is 47.0 Å². The van der Waals surface area contributed by atoms with Gasteiger partial charge in [-0.25, -0.2) is 0 Å². The number of methoxy groups -OCH3 is 2. The van der Waals surface area contributed by atoms with Crippen LogP contribution in [0.15, 0.2) is 24.3 Å². The van der Waals surface area contributed by atoms with Crippen LogP contribution >= 0.6 is 0 Å². The first kappa shape index (κ1) is 16.3. The fraction of sp³-hybridized carbons (Fsp3) is 0.647. The minimum absolute atomic E-state index is 0.800. The molecule has 1 heterocycles. The summed E-state index contributed by atoms with van der Waals surface area (Å²) in [5.74, 6) is 1.76. The standard InChI is InChI=1S/C17H28N2O2/c1-20-11-8-18-13-15-6-9-19(10-7-15)14-16-4-3-5-17(12-16)21-2/h3-5,12,15,18H,6-11,13-14H2,1-2H3. The Morgan fingerprint density at radius 2 is 2.05 bits per heavy atom. The topological polar surface area (TPSA) is 33.7 Å². The highest BCUT2D eigenvalue weighted by atomic mass is 16.5. The lowest BCUT2D eigenvalue weighted by Gasteiger charge is -2.32. The van der Waals surface area contributed by atoms with E-state index in [-0.39, 0.29) is 0 Å². The van der Waals surface area contributed by atoms with Crippen molar-refractivity contribution in [3.8, 4) is 5.75 Å². The van der Waals surface area contributed by atoms with Gasteiger partial charge in [-0.1, -0.05) is 12.1 Å². The Kier molecular flexibility index (Phi) is 7.00. The summed E-state index contributed by atoms with van der Waals surface area (Å²) in [6.07, 6.45) is 2.56. The number of rotatable bonds is 8. The first-order valence-corrected chi connectivity index (χ1v) is 7.86. The lowest BCUT2D eigenvalue weighted by Crippen LogP contribution is -2.37. The molecule has 4 heteroatoms. The number of nitrogens with one attached hydrogen (secondary N) is 1. The zero-order chi connectivity index (χ0) is 14.9. The monoisotopic (exact) mass is 292 g/mol. The predicted molar refractivity (Wildman–Crippen MR) is 85.7 cm³/mol. The molecule has 0 spiro atoms. The van der Waals surface area contributed by atoms with Crippen molar-refractivity contribution in [2.45, 2.75) is 19.4 Å². The SMILES string of the molecule is COCCNCC1CCN(Cc2cccc(OC)c2)CC1. The average molecular weight is 292 g/mol. The number of hydrogen-bond acceptors (Lipinski definition) is 4. The van der Waals surface area contributed by atoms with E-state index in [1.165, 1.54) is 31.5 Å². The van der Waals surface area contributed by atoms with Gasteiger partial charge < -0.3 is 14.8 Å². The lowest BCUT2D eigenvalue weighted by molar-refractivity contribution is 0.168. The van der Waals surface area contributed by atoms with Crippen LogP contribution in [0.1, 0.15) is 18.4 Å². The van der Waals surface area contributed by atoms with E-state index in [0.717, 1.165) is 37.9 Å². The van der Waals surface area contributed by atoms with Gasteiger partial charge in [-0.15, -0.1) is 0 Å². The lowest BCUT2D eigenvalue weighted by atomic mass is 9.96. The van der Waals surface area contributed by atoms with Crippen LogP contribution < -0.4 is 10.1 Å². The Balaban J connectivity index is 1.68. The van der Waals surface area contributed by atoms with Gasteiger partial charge in [0.1, 0.15) is 5.75 Å². The van der Waals surface area contributed by atoms with Crippen molar-refractivity contribution >= 4 is 0 Å². The summed E-state index contributed by atoms with van der Waals surface area (Å²) in [6, 6.07) is 8.39. The van der Waals surface area contributed by atoms with Crippen molar-refractivity contribution in [1.82, 2.24) is 10.2 Å². The van der Waals surface area contributed by atoms with Gasteiger partial charge in [0.25, 0.3) is 0 Å². The average Bonchev–Trinajstić information content (AvgIpc) is 2.53. The van der Waals surface area contributed by atoms with Gasteiger partial charge in [-0.05, 0) is 56.1 Å². The molecule has 118 valence electrons. The first-order valence-electron chi connectivity index (χ1n) is 7.86. The maximum atomic E-state index is 5.29. The third kappa shape index (κ3) is 5.65. The Labute approximate surface area is 128 Å². The van der Waals surface area contributed by atoms with Gasteiger partial charge in [-0.2, -0.15) is 0 Å². The third-order valence-corrected chi connectivity index (χ3v) is 4.16. The summed E-state index contributed by atoms with van der Waals surface area (Å²) in [5, 5.41) is 3.48. The minimum atomic E-state index is 0.800. The van der Waals surface area contributed by atoms with Crippen molar-refractivity contribution in [2.24, 2.45) is 5.92 Å². The van der Waals surface area contributed by atoms with Crippen LogP contribution in [0.3, 0.4) is 0 Å². The molecular weight excluding hydrogens is 264 g/mol. The molecular formula is C17H28N2O2. The van der Waals surface area contributed by atoms with Crippen molar-refractivity contribution in [3.05, 3.63) is 29.8 Å². The van der Waals surface area contributed by atoms with Crippen molar-refractivity contribution < 1.29 is 9.47 Å². The fourth-order valence-corrected chi connectivity index (χ4v) is 2.86. The van der Waals surface area contributed by atoms with Crippen molar-refractivity contribution in [3.63, 3.8) is 0 Å². The van der Waals surface area contributed by atoms with E-state index in [9.17, 15) is 0 Å². The van der Waals surface area contributed by atoms with Crippen LogP contribution in [-0.2, 0) is 11.3 Å². The molecule has 1 fully saturated rings. The summed E-state index contributed by atoms with van der Waals surface area (Å²) in [6.45, 7) is 6.29. The molecule has 1 aliphatic rings. The molecule has 0 radical (unpaired) electrons. The normalized spacial score (nSPS) is 17.0. The third-order valence-electron chi connectivity index (χ3n) is 4.16. The molecule has 1 saturated heterocycles. The second kappa shape index (κ2) is 9.03. The summed E-state index contributed by atoms with van der Waals surface area (Å²) < 4.78 is 10.3. The molecule has 0 saturated carbocycles. The number of likely N-dealkylation sites (tertiary alicyclic amines) is 1. The van der Waals surface area contributed by atoms with Crippen LogP contribution in [0.4, 0.5) is 0 Å². The minimum Gasteiger partial charge on any atom is -0.497 e. The molecule has 0 aromatic heterocycles. The molecule has 1 aromatic rings. The van der Waals surface area contributed by atoms with Gasteiger partial charge in [-0.3, -0.25) is 4.90 Å². The summed E-state index contributed by atoms with van der Waals surface area (Å²) >= 11 is 0. The number of benzene rings is 1. The molecule has 1 aromatic carbocycles. The number of nitrogens with zero attached hydrogens (tertiary/aromatic N) is 1. The van der Waals surface area contributed by atoms with Gasteiger partial charge in [0.15, 0.2) is 0 Å². The number of piperidine rings is 1. The highest BCUT2D eigenvalue weighted by molar-refractivity contribution is 5.28. The highest BCUT2D eigenvalue weighted by Gasteiger charge is 2.18. The zero-order valence-corrected chi connectivity index (χ0v) is 13.3. The maximum absolute atomic E-state index is 5.29. The van der Waals surface area contributed by atoms with Crippen LogP contribution in [0.5, 0.6) is 5.75 Å². The van der Waals surface area contributed by atoms with E-state index in [1.54, 1.807) is 14.2 Å². The van der Waals surface area contributed by atoms with Crippen LogP contribution in [0.25, 0.3) is 0 Å². The Hall–Kier alpha value is -1.10. The first-order chi connectivity index (χ1) is 10.3. The van der Waals surface area contributed by atoms with Gasteiger partial charge in [0.05, 0.1) is 13.7 Å². The quantitative estimate of drug-likeness (QED) is 0.744. The molecule has 1 N–H and O–H groups in total. The van der Waals surface area contributed by atoms with Crippen LogP contribution in [0, 0.1) is 5.92 Å². The van der Waals surface area contributed by atoms with Crippen LogP contribution in [0.2, 0.25) is 0 Å². The van der Waals surface area contributed by atoms with Crippen molar-refractivity contribution in [1.29, 1.82) is 0 Å². The highest BCUT2D eigenvalue weighted by Crippen LogP contribution is 2.20. The summed E-state index contributed by atoms with van der Waals surface area (Å²) in [4.78, 5) is 2.54. The molecule has 0 bridgehead atoms. The van der Waals surface area contributed by atoms with E-state index < -0.39 is 0 Å². The molecule has 2 rings (SSSR count). The van der Waals surface area contributed by atoms with E-state index in [2.05, 4.69) is 28.4 Å². The molecule has 21 heavy (non-hydrogen) atoms. The molecule has 0 aliphatic carbocycles. The fourth-order valence-electron chi connectivity index (χ4n) is 2.86. The van der Waals surface area contributed by atoms with Gasteiger partial charge in [0.2, 0.25) is 0 Å². The van der Waals surface area contributed by atoms with E-state index in [0.29, 0.717) is 0 Å². The van der Waals surface area contributed by atoms with Gasteiger partial charge >= 0.3 is 0 Å². The van der Waals surface area contributed by atoms with E-state index in [1.807, 2.05) is 6.07 Å². The van der Waals surface area contributed by atoms with Crippen LogP contribution in [-0.4, -0.2) is 51.9 Å². The zero-order valence-electron chi connectivity index (χ0n) is 13.3. The summed E-state index contributed by atoms with van der Waals surface area (Å²) in [5.41, 5.74) is 1.34. The molecule has 0 atom stereocenters. The van der Waals surface area contributed by atoms with E-state index in [4.69, 9.17) is 9.47 Å². The molecule has 0 amide bonds. The molecule has 4 nitrogen and oxygen atoms in total. The molecule has 0 unspecified atom stereocenters. The second-order valence-corrected chi connectivity index (χ2v) is 5.77. The number of ether oxygens (including phenoxy) is 2. The van der Waals surface area contributed by atoms with Gasteiger partial charge in [0, 0.05) is 20.2 Å². The second-order valence-electron chi connectivity index (χ2n) is 5.77. The largest absolute Gasteiger partial charge is 0.497 e. The summed E-state index contributed by atoms with van der Waals surface area (Å²) in [7, 11) is 3.47.